The van der Waals surface area contributed by atoms with Crippen LogP contribution in [0.2, 0.25) is 0 Å². The molecule has 5 rings (SSSR count). The number of thioether (sulfide) groups is 1. The number of rotatable bonds is 4. The van der Waals surface area contributed by atoms with Gasteiger partial charge in [0.2, 0.25) is 11.8 Å². The Morgan fingerprint density at radius 2 is 1.86 bits per heavy atom. The second kappa shape index (κ2) is 7.28. The number of fused-ring (bicyclic) bond motifs is 2. The van der Waals surface area contributed by atoms with E-state index in [9.17, 15) is 9.59 Å². The van der Waals surface area contributed by atoms with Gasteiger partial charge in [0, 0.05) is 17.4 Å². The number of amides is 2. The van der Waals surface area contributed by atoms with Gasteiger partial charge in [-0.25, -0.2) is 0 Å². The number of benzene rings is 2. The summed E-state index contributed by atoms with van der Waals surface area (Å²) in [4.78, 5) is 29.1. The van der Waals surface area contributed by atoms with Crippen molar-refractivity contribution in [1.29, 1.82) is 0 Å². The largest absolute Gasteiger partial charge is 0.333 e. The minimum Gasteiger partial charge on any atom is -0.333 e. The quantitative estimate of drug-likeness (QED) is 0.830. The molecule has 0 spiro atoms. The van der Waals surface area contributed by atoms with E-state index in [1.807, 2.05) is 24.3 Å². The van der Waals surface area contributed by atoms with E-state index in [1.54, 1.807) is 0 Å². The van der Waals surface area contributed by atoms with Crippen LogP contribution in [0.15, 0.2) is 53.4 Å². The maximum atomic E-state index is 13.4. The Hall–Kier alpha value is -2.27. The monoisotopic (exact) mass is 392 g/mol. The zero-order valence-electron chi connectivity index (χ0n) is 15.8. The molecule has 2 atom stereocenters. The highest BCUT2D eigenvalue weighted by Crippen LogP contribution is 2.43. The lowest BCUT2D eigenvalue weighted by Crippen LogP contribution is -2.41. The molecule has 144 valence electrons. The Balaban J connectivity index is 1.37. The predicted molar refractivity (Wildman–Crippen MR) is 111 cm³/mol. The van der Waals surface area contributed by atoms with E-state index in [0.29, 0.717) is 6.04 Å². The smallest absolute Gasteiger partial charge is 0.238 e. The van der Waals surface area contributed by atoms with Crippen LogP contribution in [0.1, 0.15) is 49.3 Å². The van der Waals surface area contributed by atoms with Gasteiger partial charge in [0.1, 0.15) is 0 Å². The van der Waals surface area contributed by atoms with Crippen LogP contribution in [-0.2, 0) is 16.0 Å². The van der Waals surface area contributed by atoms with Crippen LogP contribution in [0.4, 0.5) is 5.69 Å². The van der Waals surface area contributed by atoms with Crippen LogP contribution in [0.25, 0.3) is 0 Å². The van der Waals surface area contributed by atoms with Gasteiger partial charge in [0.25, 0.3) is 0 Å². The Morgan fingerprint density at radius 3 is 2.71 bits per heavy atom. The topological polar surface area (TPSA) is 49.4 Å². The van der Waals surface area contributed by atoms with Gasteiger partial charge in [0.05, 0.1) is 17.0 Å². The second-order valence-electron chi connectivity index (χ2n) is 7.94. The second-order valence-corrected chi connectivity index (χ2v) is 9.18. The molecule has 2 aromatic carbocycles. The number of anilines is 1. The Labute approximate surface area is 169 Å². The first-order valence-electron chi connectivity index (χ1n) is 10.2. The van der Waals surface area contributed by atoms with Gasteiger partial charge < -0.3 is 10.2 Å². The molecule has 0 bridgehead atoms. The Bertz CT molecular complexity index is 924. The fourth-order valence-electron chi connectivity index (χ4n) is 4.49. The van der Waals surface area contributed by atoms with Crippen LogP contribution >= 0.6 is 11.8 Å². The minimum atomic E-state index is -0.359. The Morgan fingerprint density at radius 1 is 1.07 bits per heavy atom. The molecular weight excluding hydrogens is 368 g/mol. The summed E-state index contributed by atoms with van der Waals surface area (Å²) >= 11 is 1.52. The van der Waals surface area contributed by atoms with Gasteiger partial charge in [-0.3, -0.25) is 9.59 Å². The van der Waals surface area contributed by atoms with E-state index in [0.717, 1.165) is 42.7 Å². The van der Waals surface area contributed by atoms with Crippen molar-refractivity contribution in [3.8, 4) is 0 Å². The standard InChI is InChI=1S/C23H24N2O2S/c26-22(14-21-23(27)24-18-9-3-4-11-20(18)28-21)25(16-12-13-16)19-10-5-7-15-6-1-2-8-17(15)19/h1-4,6,8-9,11,16,19,21H,5,7,10,12-14H2,(H,24,27). The van der Waals surface area contributed by atoms with Gasteiger partial charge in [-0.15, -0.1) is 11.8 Å². The SMILES string of the molecule is O=C1Nc2ccccc2SC1CC(=O)N(C1CC1)C1CCCc2ccccc21. The predicted octanol–water partition coefficient (Wildman–Crippen LogP) is 4.56. The van der Waals surface area contributed by atoms with Crippen LogP contribution < -0.4 is 5.32 Å². The van der Waals surface area contributed by atoms with E-state index in [-0.39, 0.29) is 29.5 Å². The van der Waals surface area contributed by atoms with Crippen molar-refractivity contribution >= 4 is 29.3 Å². The lowest BCUT2D eigenvalue weighted by atomic mass is 9.86. The lowest BCUT2D eigenvalue weighted by molar-refractivity contribution is -0.136. The Kier molecular flexibility index (Phi) is 4.63. The molecule has 4 nitrogen and oxygen atoms in total. The molecule has 2 aromatic rings. The number of carbonyl (C=O) groups is 2. The number of nitrogens with one attached hydrogen (secondary N) is 1. The number of hydrogen-bond donors (Lipinski definition) is 1. The van der Waals surface area contributed by atoms with Gasteiger partial charge in [-0.05, 0) is 55.4 Å². The van der Waals surface area contributed by atoms with E-state index in [4.69, 9.17) is 0 Å². The summed E-state index contributed by atoms with van der Waals surface area (Å²) in [6.07, 6.45) is 5.65. The summed E-state index contributed by atoms with van der Waals surface area (Å²) in [6, 6.07) is 16.8. The molecule has 0 radical (unpaired) electrons. The molecule has 1 aliphatic heterocycles. The fraction of sp³-hybridized carbons (Fsp3) is 0.391. The third-order valence-electron chi connectivity index (χ3n) is 5.97. The summed E-state index contributed by atoms with van der Waals surface area (Å²) in [5.41, 5.74) is 3.53. The van der Waals surface area contributed by atoms with Crippen molar-refractivity contribution < 1.29 is 9.59 Å². The highest BCUT2D eigenvalue weighted by atomic mass is 32.2. The summed E-state index contributed by atoms with van der Waals surface area (Å²) < 4.78 is 0. The molecule has 3 aliphatic rings. The summed E-state index contributed by atoms with van der Waals surface area (Å²) in [6.45, 7) is 0. The molecule has 2 aliphatic carbocycles. The highest BCUT2D eigenvalue weighted by Gasteiger charge is 2.41. The molecule has 1 heterocycles. The summed E-state index contributed by atoms with van der Waals surface area (Å²) in [5.74, 6) is 0.0630. The fourth-order valence-corrected chi connectivity index (χ4v) is 5.59. The molecule has 2 unspecified atom stereocenters. The van der Waals surface area contributed by atoms with Crippen LogP contribution in [0.5, 0.6) is 0 Å². The van der Waals surface area contributed by atoms with Gasteiger partial charge in [0.15, 0.2) is 0 Å². The summed E-state index contributed by atoms with van der Waals surface area (Å²) in [7, 11) is 0. The normalized spacial score (nSPS) is 23.4. The molecule has 28 heavy (non-hydrogen) atoms. The first kappa shape index (κ1) is 17.8. The third kappa shape index (κ3) is 3.32. The zero-order chi connectivity index (χ0) is 19.1. The highest BCUT2D eigenvalue weighted by molar-refractivity contribution is 8.01. The van der Waals surface area contributed by atoms with Gasteiger partial charge in [-0.2, -0.15) is 0 Å². The summed E-state index contributed by atoms with van der Waals surface area (Å²) in [5, 5.41) is 2.60. The molecule has 1 saturated carbocycles. The number of aryl methyl sites for hydroxylation is 1. The van der Waals surface area contributed by atoms with Gasteiger partial charge >= 0.3 is 0 Å². The van der Waals surface area contributed by atoms with Crippen molar-refractivity contribution in [2.45, 2.75) is 60.8 Å². The lowest BCUT2D eigenvalue weighted by Gasteiger charge is -2.37. The number of para-hydroxylation sites is 1. The van der Waals surface area contributed by atoms with Crippen molar-refractivity contribution in [2.75, 3.05) is 5.32 Å². The van der Waals surface area contributed by atoms with Crippen molar-refractivity contribution in [3.05, 3.63) is 59.7 Å². The van der Waals surface area contributed by atoms with Crippen LogP contribution in [0.3, 0.4) is 0 Å². The molecule has 2 amide bonds. The van der Waals surface area contributed by atoms with E-state index in [2.05, 4.69) is 34.5 Å². The molecule has 0 saturated heterocycles. The first-order chi connectivity index (χ1) is 13.7. The van der Waals surface area contributed by atoms with Crippen LogP contribution in [-0.4, -0.2) is 28.0 Å². The molecule has 5 heteroatoms. The van der Waals surface area contributed by atoms with Crippen molar-refractivity contribution in [2.24, 2.45) is 0 Å². The van der Waals surface area contributed by atoms with Crippen molar-refractivity contribution in [1.82, 2.24) is 4.90 Å². The maximum absolute atomic E-state index is 13.4. The van der Waals surface area contributed by atoms with E-state index < -0.39 is 0 Å². The number of hydrogen-bond acceptors (Lipinski definition) is 3. The third-order valence-corrected chi connectivity index (χ3v) is 7.24. The van der Waals surface area contributed by atoms with Gasteiger partial charge in [-0.1, -0.05) is 36.4 Å². The number of nitrogens with zero attached hydrogens (tertiary/aromatic N) is 1. The number of carbonyl (C=O) groups excluding carboxylic acids is 2. The molecular formula is C23H24N2O2S. The van der Waals surface area contributed by atoms with Crippen molar-refractivity contribution in [3.63, 3.8) is 0 Å². The van der Waals surface area contributed by atoms with Crippen LogP contribution in [0, 0.1) is 0 Å². The van der Waals surface area contributed by atoms with E-state index in [1.165, 1.54) is 22.9 Å². The maximum Gasteiger partial charge on any atom is 0.238 e. The zero-order valence-corrected chi connectivity index (χ0v) is 16.6. The molecule has 1 fully saturated rings. The average molecular weight is 393 g/mol. The average Bonchev–Trinajstić information content (AvgIpc) is 3.54. The minimum absolute atomic E-state index is 0.0585. The van der Waals surface area contributed by atoms with E-state index >= 15 is 0 Å². The molecule has 0 aromatic heterocycles. The molecule has 1 N–H and O–H groups in total. The first-order valence-corrected chi connectivity index (χ1v) is 11.0.